The molecule has 1 amide bonds. The monoisotopic (exact) mass is 414 g/mol. The Balaban J connectivity index is 1.38. The highest BCUT2D eigenvalue weighted by Gasteiger charge is 2.34. The summed E-state index contributed by atoms with van der Waals surface area (Å²) in [4.78, 5) is 18.8. The summed E-state index contributed by atoms with van der Waals surface area (Å²) in [7, 11) is -3.53. The third kappa shape index (κ3) is 3.28. The molecule has 0 unspecified atom stereocenters. The molecule has 2 aromatic rings. The number of rotatable bonds is 3. The summed E-state index contributed by atoms with van der Waals surface area (Å²) in [6, 6.07) is 3.12. The number of piperazine rings is 1. The number of carbonyl (C=O) groups is 1. The fraction of sp³-hybridized carbons (Fsp3) is 0.500. The first kappa shape index (κ1) is 18.0. The maximum Gasteiger partial charge on any atom is 0.252 e. The number of nitrogens with zero attached hydrogens (tertiary/aromatic N) is 4. The Kier molecular flexibility index (Phi) is 4.81. The van der Waals surface area contributed by atoms with Gasteiger partial charge in [-0.25, -0.2) is 13.4 Å². The minimum atomic E-state index is -3.53. The molecule has 1 atom stereocenters. The Hall–Kier alpha value is -1.42. The Labute approximate surface area is 161 Å². The number of hydrogen-bond acceptors (Lipinski definition) is 5. The Morgan fingerprint density at radius 2 is 1.96 bits per heavy atom. The van der Waals surface area contributed by atoms with Crippen molar-refractivity contribution in [1.29, 1.82) is 0 Å². The zero-order valence-electron chi connectivity index (χ0n) is 14.0. The fourth-order valence-corrected chi connectivity index (χ4v) is 6.61. The van der Waals surface area contributed by atoms with Gasteiger partial charge in [0.15, 0.2) is 0 Å². The zero-order chi connectivity index (χ0) is 18.3. The molecule has 0 N–H and O–H groups in total. The lowest BCUT2D eigenvalue weighted by molar-refractivity contribution is -0.137. The van der Waals surface area contributed by atoms with E-state index < -0.39 is 10.0 Å². The molecule has 2 aliphatic rings. The van der Waals surface area contributed by atoms with Crippen LogP contribution in [0, 0.1) is 5.92 Å². The number of fused-ring (bicyclic) bond motifs is 1. The van der Waals surface area contributed by atoms with Crippen molar-refractivity contribution in [2.75, 3.05) is 26.2 Å². The first-order valence-corrected chi connectivity index (χ1v) is 11.1. The van der Waals surface area contributed by atoms with Gasteiger partial charge in [-0.3, -0.25) is 4.79 Å². The van der Waals surface area contributed by atoms with Crippen molar-refractivity contribution in [3.05, 3.63) is 34.7 Å². The molecule has 0 aliphatic carbocycles. The molecule has 0 bridgehead atoms. The minimum absolute atomic E-state index is 0.0431. The van der Waals surface area contributed by atoms with Crippen molar-refractivity contribution in [2.24, 2.45) is 5.92 Å². The molecule has 0 aromatic carbocycles. The van der Waals surface area contributed by atoms with Crippen LogP contribution in [0.1, 0.15) is 12.1 Å². The number of thiophene rings is 1. The van der Waals surface area contributed by atoms with Crippen molar-refractivity contribution in [2.45, 2.75) is 23.6 Å². The van der Waals surface area contributed by atoms with E-state index in [1.54, 1.807) is 17.3 Å². The highest BCUT2D eigenvalue weighted by atomic mass is 35.5. The quantitative estimate of drug-likeness (QED) is 0.765. The predicted molar refractivity (Wildman–Crippen MR) is 98.7 cm³/mol. The second-order valence-corrected chi connectivity index (χ2v) is 10.4. The molecule has 10 heteroatoms. The topological polar surface area (TPSA) is 75.5 Å². The van der Waals surface area contributed by atoms with E-state index in [1.165, 1.54) is 10.4 Å². The smallest absolute Gasteiger partial charge is 0.252 e. The second kappa shape index (κ2) is 6.95. The molecule has 2 aromatic heterocycles. The summed E-state index contributed by atoms with van der Waals surface area (Å²) in [5.74, 6) is 0.0760. The molecule has 7 nitrogen and oxygen atoms in total. The van der Waals surface area contributed by atoms with Gasteiger partial charge in [0.1, 0.15) is 4.21 Å². The van der Waals surface area contributed by atoms with Crippen LogP contribution in [-0.4, -0.2) is 59.3 Å². The summed E-state index contributed by atoms with van der Waals surface area (Å²) < 4.78 is 29.5. The average molecular weight is 415 g/mol. The first-order valence-electron chi connectivity index (χ1n) is 8.48. The molecule has 0 radical (unpaired) electrons. The normalized spacial score (nSPS) is 21.6. The van der Waals surface area contributed by atoms with Gasteiger partial charge >= 0.3 is 0 Å². The van der Waals surface area contributed by atoms with Gasteiger partial charge in [0.25, 0.3) is 10.0 Å². The molecule has 0 saturated carbocycles. The summed E-state index contributed by atoms with van der Waals surface area (Å²) in [6.45, 7) is 2.28. The van der Waals surface area contributed by atoms with Crippen LogP contribution in [0.15, 0.2) is 28.9 Å². The minimum Gasteiger partial charge on any atom is -0.340 e. The van der Waals surface area contributed by atoms with Crippen LogP contribution in [0.3, 0.4) is 0 Å². The molecular weight excluding hydrogens is 396 g/mol. The summed E-state index contributed by atoms with van der Waals surface area (Å²) >= 11 is 6.92. The van der Waals surface area contributed by atoms with Crippen molar-refractivity contribution < 1.29 is 13.2 Å². The largest absolute Gasteiger partial charge is 0.340 e. The second-order valence-electron chi connectivity index (χ2n) is 6.56. The molecule has 140 valence electrons. The van der Waals surface area contributed by atoms with Gasteiger partial charge in [0, 0.05) is 57.0 Å². The van der Waals surface area contributed by atoms with Gasteiger partial charge in [-0.05, 0) is 18.6 Å². The fourth-order valence-electron chi connectivity index (χ4n) is 3.55. The molecule has 2 aliphatic heterocycles. The van der Waals surface area contributed by atoms with E-state index in [0.29, 0.717) is 36.9 Å². The number of aryl methyl sites for hydroxylation is 1. The van der Waals surface area contributed by atoms with Crippen LogP contribution in [0.25, 0.3) is 0 Å². The molecular formula is C16H19ClN4O3S2. The Morgan fingerprint density at radius 1 is 1.19 bits per heavy atom. The molecule has 1 fully saturated rings. The van der Waals surface area contributed by atoms with Crippen LogP contribution in [0.5, 0.6) is 0 Å². The van der Waals surface area contributed by atoms with Crippen LogP contribution < -0.4 is 0 Å². The first-order chi connectivity index (χ1) is 12.4. The number of sulfonamides is 1. The standard InChI is InChI=1S/C16H19ClN4O3S2/c17-14-1-2-15(25-14)26(23,24)21-7-5-19(6-8-21)16(22)12-3-4-20-11-18-10-13(20)9-12/h1-2,10-12H,3-9H2/t12-/m0/s1. The zero-order valence-corrected chi connectivity index (χ0v) is 16.4. The van der Waals surface area contributed by atoms with Crippen molar-refractivity contribution >= 4 is 38.9 Å². The van der Waals surface area contributed by atoms with Crippen molar-refractivity contribution in [3.63, 3.8) is 0 Å². The van der Waals surface area contributed by atoms with Gasteiger partial charge in [-0.15, -0.1) is 11.3 Å². The summed E-state index contributed by atoms with van der Waals surface area (Å²) in [6.07, 6.45) is 5.12. The number of aromatic nitrogens is 2. The average Bonchev–Trinajstić information content (AvgIpc) is 3.29. The van der Waals surface area contributed by atoms with Crippen molar-refractivity contribution in [1.82, 2.24) is 18.8 Å². The summed E-state index contributed by atoms with van der Waals surface area (Å²) in [5.41, 5.74) is 1.09. The molecule has 0 spiro atoms. The number of halogens is 1. The molecule has 4 rings (SSSR count). The van der Waals surface area contributed by atoms with E-state index in [1.807, 2.05) is 6.20 Å². The van der Waals surface area contributed by atoms with E-state index in [0.717, 1.165) is 30.0 Å². The predicted octanol–water partition coefficient (Wildman–Crippen LogP) is 1.69. The van der Waals surface area contributed by atoms with E-state index in [4.69, 9.17) is 11.6 Å². The number of carbonyl (C=O) groups excluding carboxylic acids is 1. The third-order valence-corrected chi connectivity index (χ3v) is 8.61. The lowest BCUT2D eigenvalue weighted by Gasteiger charge is -2.36. The maximum absolute atomic E-state index is 12.8. The van der Waals surface area contributed by atoms with E-state index in [-0.39, 0.29) is 16.0 Å². The summed E-state index contributed by atoms with van der Waals surface area (Å²) in [5, 5.41) is 0. The SMILES string of the molecule is O=C([C@H]1CCn2cncc2C1)N1CCN(S(=O)(=O)c2ccc(Cl)s2)CC1. The third-order valence-electron chi connectivity index (χ3n) is 5.01. The Bertz CT molecular complexity index is 916. The Morgan fingerprint density at radius 3 is 2.65 bits per heavy atom. The van der Waals surface area contributed by atoms with E-state index in [2.05, 4.69) is 9.55 Å². The van der Waals surface area contributed by atoms with Crippen LogP contribution in [0.4, 0.5) is 0 Å². The van der Waals surface area contributed by atoms with Crippen LogP contribution in [-0.2, 0) is 27.8 Å². The number of imidazole rings is 1. The van der Waals surface area contributed by atoms with E-state index in [9.17, 15) is 13.2 Å². The van der Waals surface area contributed by atoms with Crippen LogP contribution >= 0.6 is 22.9 Å². The van der Waals surface area contributed by atoms with Gasteiger partial charge in [-0.2, -0.15) is 4.31 Å². The lowest BCUT2D eigenvalue weighted by Crippen LogP contribution is -2.52. The van der Waals surface area contributed by atoms with E-state index >= 15 is 0 Å². The number of amides is 1. The van der Waals surface area contributed by atoms with Gasteiger partial charge in [0.05, 0.1) is 10.7 Å². The molecule has 1 saturated heterocycles. The van der Waals surface area contributed by atoms with Crippen LogP contribution in [0.2, 0.25) is 4.34 Å². The number of hydrogen-bond donors (Lipinski definition) is 0. The lowest BCUT2D eigenvalue weighted by atomic mass is 9.94. The van der Waals surface area contributed by atoms with Gasteiger partial charge in [-0.1, -0.05) is 11.6 Å². The highest BCUT2D eigenvalue weighted by molar-refractivity contribution is 7.91. The highest BCUT2D eigenvalue weighted by Crippen LogP contribution is 2.29. The molecule has 26 heavy (non-hydrogen) atoms. The van der Waals surface area contributed by atoms with Gasteiger partial charge < -0.3 is 9.47 Å². The molecule has 4 heterocycles. The van der Waals surface area contributed by atoms with Gasteiger partial charge in [0.2, 0.25) is 5.91 Å². The van der Waals surface area contributed by atoms with Crippen molar-refractivity contribution in [3.8, 4) is 0 Å². The maximum atomic E-state index is 12.8.